The summed E-state index contributed by atoms with van der Waals surface area (Å²) in [5, 5.41) is 0.462. The maximum absolute atomic E-state index is 6.06. The van der Waals surface area contributed by atoms with Gasteiger partial charge in [-0.05, 0) is 28.8 Å². The molecule has 1 aromatic rings. The van der Waals surface area contributed by atoms with Crippen LogP contribution < -0.4 is 0 Å². The largest absolute Gasteiger partial charge is 0.378 e. The highest BCUT2D eigenvalue weighted by molar-refractivity contribution is 9.10. The van der Waals surface area contributed by atoms with Crippen LogP contribution in [0.2, 0.25) is 5.15 Å². The molecule has 0 aliphatic heterocycles. The number of nitrogens with zero attached hydrogens (tertiary/aromatic N) is 2. The van der Waals surface area contributed by atoms with Gasteiger partial charge in [-0.3, -0.25) is 0 Å². The van der Waals surface area contributed by atoms with E-state index in [1.165, 1.54) is 0 Å². The van der Waals surface area contributed by atoms with Crippen molar-refractivity contribution in [2.45, 2.75) is 39.2 Å². The molecule has 3 nitrogen and oxygen atoms in total. The molecule has 0 aromatic carbocycles. The van der Waals surface area contributed by atoms with E-state index in [0.717, 1.165) is 28.8 Å². The Kier molecular flexibility index (Phi) is 5.66. The molecule has 0 bridgehead atoms. The highest BCUT2D eigenvalue weighted by Crippen LogP contribution is 2.28. The molecule has 0 fully saturated rings. The fourth-order valence-electron chi connectivity index (χ4n) is 1.55. The predicted octanol–water partition coefficient (Wildman–Crippen LogP) is 3.94. The standard InChI is InChI=1S/C11H16BrClN2O/c1-4-7(5-2)11-14-8(6-16-3)9(12)10(13)15-11/h7H,4-6H2,1-3H3. The molecule has 0 saturated heterocycles. The molecule has 0 amide bonds. The van der Waals surface area contributed by atoms with Crippen LogP contribution in [0.1, 0.15) is 44.1 Å². The van der Waals surface area contributed by atoms with Gasteiger partial charge in [-0.15, -0.1) is 0 Å². The highest BCUT2D eigenvalue weighted by Gasteiger charge is 2.15. The van der Waals surface area contributed by atoms with Crippen LogP contribution in [-0.4, -0.2) is 17.1 Å². The van der Waals surface area contributed by atoms with Gasteiger partial charge < -0.3 is 4.74 Å². The van der Waals surface area contributed by atoms with Crippen LogP contribution in [0.3, 0.4) is 0 Å². The fraction of sp³-hybridized carbons (Fsp3) is 0.636. The van der Waals surface area contributed by atoms with Crippen molar-refractivity contribution < 1.29 is 4.74 Å². The number of rotatable bonds is 5. The maximum Gasteiger partial charge on any atom is 0.147 e. The zero-order valence-corrected chi connectivity index (χ0v) is 12.1. The predicted molar refractivity (Wildman–Crippen MR) is 68.8 cm³/mol. The minimum Gasteiger partial charge on any atom is -0.378 e. The van der Waals surface area contributed by atoms with Crippen molar-refractivity contribution >= 4 is 27.5 Å². The third-order valence-corrected chi connectivity index (χ3v) is 3.86. The summed E-state index contributed by atoms with van der Waals surface area (Å²) < 4.78 is 5.81. The maximum atomic E-state index is 6.06. The topological polar surface area (TPSA) is 35.0 Å². The van der Waals surface area contributed by atoms with Gasteiger partial charge in [-0.25, -0.2) is 9.97 Å². The second kappa shape index (κ2) is 6.52. The summed E-state index contributed by atoms with van der Waals surface area (Å²) in [5.41, 5.74) is 0.810. The van der Waals surface area contributed by atoms with Crippen molar-refractivity contribution in [1.82, 2.24) is 9.97 Å². The third-order valence-electron chi connectivity index (χ3n) is 2.53. The normalized spacial score (nSPS) is 11.1. The van der Waals surface area contributed by atoms with Crippen LogP contribution in [0.5, 0.6) is 0 Å². The number of hydrogen-bond acceptors (Lipinski definition) is 3. The van der Waals surface area contributed by atoms with Gasteiger partial charge in [0.2, 0.25) is 0 Å². The van der Waals surface area contributed by atoms with E-state index in [4.69, 9.17) is 16.3 Å². The van der Waals surface area contributed by atoms with Gasteiger partial charge in [0.15, 0.2) is 0 Å². The molecule has 5 heteroatoms. The lowest BCUT2D eigenvalue weighted by Crippen LogP contribution is -2.07. The zero-order valence-electron chi connectivity index (χ0n) is 9.76. The number of aromatic nitrogens is 2. The molecule has 1 heterocycles. The summed E-state index contributed by atoms with van der Waals surface area (Å²) in [6.07, 6.45) is 2.03. The summed E-state index contributed by atoms with van der Waals surface area (Å²) in [5.74, 6) is 1.17. The van der Waals surface area contributed by atoms with Crippen molar-refractivity contribution in [3.8, 4) is 0 Å². The Hall–Kier alpha value is -0.190. The van der Waals surface area contributed by atoms with Crippen LogP contribution >= 0.6 is 27.5 Å². The van der Waals surface area contributed by atoms with E-state index >= 15 is 0 Å². The van der Waals surface area contributed by atoms with Gasteiger partial charge in [-0.1, -0.05) is 25.4 Å². The van der Waals surface area contributed by atoms with E-state index in [1.54, 1.807) is 7.11 Å². The lowest BCUT2D eigenvalue weighted by Gasteiger charge is -2.13. The monoisotopic (exact) mass is 306 g/mol. The summed E-state index contributed by atoms with van der Waals surface area (Å²) >= 11 is 9.43. The minimum atomic E-state index is 0.362. The first-order chi connectivity index (χ1) is 7.63. The summed E-state index contributed by atoms with van der Waals surface area (Å²) in [6, 6.07) is 0. The average molecular weight is 308 g/mol. The van der Waals surface area contributed by atoms with E-state index in [2.05, 4.69) is 39.7 Å². The molecular formula is C11H16BrClN2O. The molecule has 0 N–H and O–H groups in total. The molecule has 0 unspecified atom stereocenters. The summed E-state index contributed by atoms with van der Waals surface area (Å²) in [4.78, 5) is 8.81. The Bertz CT molecular complexity index is 356. The second-order valence-electron chi connectivity index (χ2n) is 3.58. The number of methoxy groups -OCH3 is 1. The van der Waals surface area contributed by atoms with Crippen molar-refractivity contribution in [3.05, 3.63) is 21.1 Å². The van der Waals surface area contributed by atoms with Gasteiger partial charge in [0.1, 0.15) is 11.0 Å². The van der Waals surface area contributed by atoms with Crippen LogP contribution in [0, 0.1) is 0 Å². The molecule has 0 atom stereocenters. The molecule has 0 aliphatic rings. The van der Waals surface area contributed by atoms with Crippen LogP contribution in [-0.2, 0) is 11.3 Å². The van der Waals surface area contributed by atoms with E-state index in [-0.39, 0.29) is 0 Å². The first-order valence-electron chi connectivity index (χ1n) is 5.34. The zero-order chi connectivity index (χ0) is 12.1. The molecule has 0 spiro atoms. The van der Waals surface area contributed by atoms with E-state index in [0.29, 0.717) is 17.7 Å². The Morgan fingerprint density at radius 1 is 1.31 bits per heavy atom. The average Bonchev–Trinajstić information content (AvgIpc) is 2.27. The van der Waals surface area contributed by atoms with Crippen molar-refractivity contribution in [3.63, 3.8) is 0 Å². The Morgan fingerprint density at radius 3 is 2.44 bits per heavy atom. The molecule has 90 valence electrons. The molecule has 0 aliphatic carbocycles. The van der Waals surface area contributed by atoms with E-state index in [9.17, 15) is 0 Å². The SMILES string of the molecule is CCC(CC)c1nc(Cl)c(Br)c(COC)n1. The van der Waals surface area contributed by atoms with Gasteiger partial charge in [0.25, 0.3) is 0 Å². The van der Waals surface area contributed by atoms with Gasteiger partial charge in [0, 0.05) is 13.0 Å². The lowest BCUT2D eigenvalue weighted by molar-refractivity contribution is 0.180. The molecule has 0 saturated carbocycles. The van der Waals surface area contributed by atoms with Gasteiger partial charge in [-0.2, -0.15) is 0 Å². The van der Waals surface area contributed by atoms with Gasteiger partial charge >= 0.3 is 0 Å². The van der Waals surface area contributed by atoms with Crippen molar-refractivity contribution in [1.29, 1.82) is 0 Å². The first kappa shape index (κ1) is 13.9. The Labute approximate surface area is 110 Å². The Balaban J connectivity index is 3.12. The Morgan fingerprint density at radius 2 is 1.94 bits per heavy atom. The van der Waals surface area contributed by atoms with Crippen molar-refractivity contribution in [2.24, 2.45) is 0 Å². The van der Waals surface area contributed by atoms with Crippen LogP contribution in [0.15, 0.2) is 4.47 Å². The second-order valence-corrected chi connectivity index (χ2v) is 4.73. The molecule has 1 aromatic heterocycles. The lowest BCUT2D eigenvalue weighted by atomic mass is 10.0. The van der Waals surface area contributed by atoms with E-state index < -0.39 is 0 Å². The van der Waals surface area contributed by atoms with Gasteiger partial charge in [0.05, 0.1) is 16.8 Å². The number of halogens is 2. The number of hydrogen-bond donors (Lipinski definition) is 0. The smallest absolute Gasteiger partial charge is 0.147 e. The highest BCUT2D eigenvalue weighted by atomic mass is 79.9. The number of ether oxygens (including phenoxy) is 1. The molecule has 0 radical (unpaired) electrons. The third kappa shape index (κ3) is 3.15. The first-order valence-corrected chi connectivity index (χ1v) is 6.51. The molecule has 16 heavy (non-hydrogen) atoms. The summed E-state index contributed by atoms with van der Waals surface area (Å²) in [7, 11) is 1.64. The fourth-order valence-corrected chi connectivity index (χ4v) is 2.04. The molecular weight excluding hydrogens is 291 g/mol. The van der Waals surface area contributed by atoms with Crippen molar-refractivity contribution in [2.75, 3.05) is 7.11 Å². The van der Waals surface area contributed by atoms with E-state index in [1.807, 2.05) is 0 Å². The van der Waals surface area contributed by atoms with Crippen LogP contribution in [0.25, 0.3) is 0 Å². The quantitative estimate of drug-likeness (QED) is 0.773. The summed E-state index contributed by atoms with van der Waals surface area (Å²) in [6.45, 7) is 4.70. The molecule has 1 rings (SSSR count). The van der Waals surface area contributed by atoms with Crippen LogP contribution in [0.4, 0.5) is 0 Å². The minimum absolute atomic E-state index is 0.362.